The van der Waals surface area contributed by atoms with Crippen LogP contribution in [0.1, 0.15) is 12.8 Å². The lowest BCUT2D eigenvalue weighted by molar-refractivity contribution is -0.150. The van der Waals surface area contributed by atoms with Gasteiger partial charge in [-0.2, -0.15) is 0 Å². The van der Waals surface area contributed by atoms with Crippen LogP contribution in [0.2, 0.25) is 0 Å². The molecule has 0 aliphatic heterocycles. The van der Waals surface area contributed by atoms with Crippen LogP contribution in [0.5, 0.6) is 0 Å². The SMILES string of the molecule is COC(=O)[C@@H](CO)NC(=O)C1(C(=O)N[C@H](CO)C(=O)OC)CC1. The van der Waals surface area contributed by atoms with Gasteiger partial charge >= 0.3 is 11.9 Å². The van der Waals surface area contributed by atoms with Gasteiger partial charge in [0.1, 0.15) is 5.41 Å². The standard InChI is InChI=1S/C13H20N2O8/c1-22-9(18)7(5-16)14-11(20)13(3-4-13)12(21)15-8(6-17)10(19)23-2/h7-8,16-17H,3-6H2,1-2H3,(H,14,20)(H,15,21)/t7-,8-/m1/s1. The van der Waals surface area contributed by atoms with E-state index < -0.39 is 54.5 Å². The van der Waals surface area contributed by atoms with Crippen LogP contribution in [0.4, 0.5) is 0 Å². The molecule has 0 heterocycles. The number of hydrogen-bond donors (Lipinski definition) is 4. The van der Waals surface area contributed by atoms with Crippen molar-refractivity contribution in [1.29, 1.82) is 0 Å². The molecule has 0 aromatic carbocycles. The molecule has 23 heavy (non-hydrogen) atoms. The van der Waals surface area contributed by atoms with E-state index in [4.69, 9.17) is 10.2 Å². The van der Waals surface area contributed by atoms with Crippen molar-refractivity contribution < 1.29 is 38.9 Å². The largest absolute Gasteiger partial charge is 0.467 e. The summed E-state index contributed by atoms with van der Waals surface area (Å²) in [5.74, 6) is -3.22. The summed E-state index contributed by atoms with van der Waals surface area (Å²) in [6, 6.07) is -2.57. The number of hydrogen-bond acceptors (Lipinski definition) is 8. The van der Waals surface area contributed by atoms with Gasteiger partial charge < -0.3 is 30.3 Å². The van der Waals surface area contributed by atoms with Gasteiger partial charge in [-0.3, -0.25) is 9.59 Å². The Morgan fingerprint density at radius 2 is 1.26 bits per heavy atom. The molecule has 0 aromatic heterocycles. The first kappa shape index (κ1) is 18.8. The quantitative estimate of drug-likeness (QED) is 0.272. The summed E-state index contributed by atoms with van der Waals surface area (Å²) in [5, 5.41) is 22.6. The second-order valence-corrected chi connectivity index (χ2v) is 5.05. The lowest BCUT2D eigenvalue weighted by atomic mass is 10.0. The second-order valence-electron chi connectivity index (χ2n) is 5.05. The van der Waals surface area contributed by atoms with E-state index in [1.54, 1.807) is 0 Å². The van der Waals surface area contributed by atoms with Crippen LogP contribution in [-0.2, 0) is 28.7 Å². The van der Waals surface area contributed by atoms with E-state index >= 15 is 0 Å². The molecule has 0 radical (unpaired) electrons. The molecule has 130 valence electrons. The van der Waals surface area contributed by atoms with Gasteiger partial charge in [-0.05, 0) is 12.8 Å². The first-order valence-corrected chi connectivity index (χ1v) is 6.85. The molecule has 10 heteroatoms. The Kier molecular flexibility index (Phi) is 6.46. The number of aliphatic hydroxyl groups is 2. The smallest absolute Gasteiger partial charge is 0.330 e. The summed E-state index contributed by atoms with van der Waals surface area (Å²) in [5.41, 5.74) is -1.44. The van der Waals surface area contributed by atoms with Crippen molar-refractivity contribution in [1.82, 2.24) is 10.6 Å². The summed E-state index contributed by atoms with van der Waals surface area (Å²) in [7, 11) is 2.19. The summed E-state index contributed by atoms with van der Waals surface area (Å²) in [6.45, 7) is -1.37. The van der Waals surface area contributed by atoms with Crippen molar-refractivity contribution in [2.45, 2.75) is 24.9 Å². The maximum Gasteiger partial charge on any atom is 0.330 e. The van der Waals surface area contributed by atoms with E-state index in [2.05, 4.69) is 20.1 Å². The number of methoxy groups -OCH3 is 2. The molecule has 2 amide bonds. The molecule has 0 bridgehead atoms. The maximum atomic E-state index is 12.2. The first-order valence-electron chi connectivity index (χ1n) is 6.85. The van der Waals surface area contributed by atoms with Crippen molar-refractivity contribution in [2.24, 2.45) is 5.41 Å². The van der Waals surface area contributed by atoms with Crippen molar-refractivity contribution in [2.75, 3.05) is 27.4 Å². The van der Waals surface area contributed by atoms with Gasteiger partial charge in [0, 0.05) is 0 Å². The number of esters is 2. The van der Waals surface area contributed by atoms with Crippen LogP contribution in [0, 0.1) is 5.41 Å². The van der Waals surface area contributed by atoms with Crippen LogP contribution in [0.3, 0.4) is 0 Å². The van der Waals surface area contributed by atoms with Gasteiger partial charge in [-0.1, -0.05) is 0 Å². The van der Waals surface area contributed by atoms with Crippen molar-refractivity contribution in [3.8, 4) is 0 Å². The number of aliphatic hydroxyl groups excluding tert-OH is 2. The normalized spacial score (nSPS) is 17.4. The van der Waals surface area contributed by atoms with Crippen LogP contribution in [0.25, 0.3) is 0 Å². The molecule has 1 aliphatic rings. The zero-order chi connectivity index (χ0) is 17.6. The highest BCUT2D eigenvalue weighted by molar-refractivity contribution is 6.09. The van der Waals surface area contributed by atoms with Gasteiger partial charge in [0.15, 0.2) is 12.1 Å². The van der Waals surface area contributed by atoms with Crippen molar-refractivity contribution in [3.05, 3.63) is 0 Å². The number of carbonyl (C=O) groups excluding carboxylic acids is 4. The summed E-state index contributed by atoms with van der Waals surface area (Å²) in [4.78, 5) is 47.1. The van der Waals surface area contributed by atoms with Gasteiger partial charge in [-0.15, -0.1) is 0 Å². The zero-order valence-corrected chi connectivity index (χ0v) is 12.8. The van der Waals surface area contributed by atoms with Gasteiger partial charge in [-0.25, -0.2) is 9.59 Å². The second kappa shape index (κ2) is 7.88. The van der Waals surface area contributed by atoms with E-state index in [-0.39, 0.29) is 12.8 Å². The van der Waals surface area contributed by atoms with Crippen molar-refractivity contribution in [3.63, 3.8) is 0 Å². The third-order valence-electron chi connectivity index (χ3n) is 3.57. The molecule has 1 saturated carbocycles. The summed E-state index contributed by atoms with van der Waals surface area (Å²) < 4.78 is 8.83. The number of ether oxygens (including phenoxy) is 2. The molecule has 10 nitrogen and oxygen atoms in total. The Morgan fingerprint density at radius 1 is 0.913 bits per heavy atom. The zero-order valence-electron chi connectivity index (χ0n) is 12.8. The number of amides is 2. The fourth-order valence-electron chi connectivity index (χ4n) is 1.92. The minimum atomic E-state index is -1.44. The minimum absolute atomic E-state index is 0.212. The Labute approximate surface area is 132 Å². The summed E-state index contributed by atoms with van der Waals surface area (Å²) in [6.07, 6.45) is 0.423. The molecule has 4 N–H and O–H groups in total. The molecule has 0 saturated heterocycles. The Hall–Kier alpha value is -2.20. The molecule has 1 aliphatic carbocycles. The van der Waals surface area contributed by atoms with Gasteiger partial charge in [0.2, 0.25) is 11.8 Å². The van der Waals surface area contributed by atoms with E-state index in [0.29, 0.717) is 0 Å². The highest BCUT2D eigenvalue weighted by atomic mass is 16.5. The molecule has 1 fully saturated rings. The average Bonchev–Trinajstić information content (AvgIpc) is 3.37. The van der Waals surface area contributed by atoms with E-state index in [0.717, 1.165) is 14.2 Å². The van der Waals surface area contributed by atoms with Crippen LogP contribution in [-0.4, -0.2) is 73.5 Å². The lowest BCUT2D eigenvalue weighted by Crippen LogP contribution is -2.53. The Morgan fingerprint density at radius 3 is 1.48 bits per heavy atom. The van der Waals surface area contributed by atoms with Gasteiger partial charge in [0.25, 0.3) is 0 Å². The number of nitrogens with one attached hydrogen (secondary N) is 2. The fourth-order valence-corrected chi connectivity index (χ4v) is 1.92. The molecule has 0 spiro atoms. The van der Waals surface area contributed by atoms with Crippen LogP contribution >= 0.6 is 0 Å². The highest BCUT2D eigenvalue weighted by Gasteiger charge is 2.57. The van der Waals surface area contributed by atoms with E-state index in [9.17, 15) is 19.2 Å². The highest BCUT2D eigenvalue weighted by Crippen LogP contribution is 2.46. The predicted molar refractivity (Wildman–Crippen MR) is 73.7 cm³/mol. The molecule has 2 atom stereocenters. The topological polar surface area (TPSA) is 151 Å². The molecule has 1 rings (SSSR count). The average molecular weight is 332 g/mol. The van der Waals surface area contributed by atoms with Crippen LogP contribution < -0.4 is 10.6 Å². The molecular weight excluding hydrogens is 312 g/mol. The fraction of sp³-hybridized carbons (Fsp3) is 0.692. The van der Waals surface area contributed by atoms with E-state index in [1.165, 1.54) is 0 Å². The van der Waals surface area contributed by atoms with E-state index in [1.807, 2.05) is 0 Å². The third kappa shape index (κ3) is 4.17. The monoisotopic (exact) mass is 332 g/mol. The molecular formula is C13H20N2O8. The predicted octanol–water partition coefficient (Wildman–Crippen LogP) is -2.93. The van der Waals surface area contributed by atoms with Crippen molar-refractivity contribution >= 4 is 23.8 Å². The lowest BCUT2D eigenvalue weighted by Gasteiger charge is -2.21. The Balaban J connectivity index is 2.74. The summed E-state index contributed by atoms with van der Waals surface area (Å²) >= 11 is 0. The molecule has 0 aromatic rings. The minimum Gasteiger partial charge on any atom is -0.467 e. The Bertz CT molecular complexity index is 448. The maximum absolute atomic E-state index is 12.2. The first-order chi connectivity index (χ1) is 10.9. The van der Waals surface area contributed by atoms with Gasteiger partial charge in [0.05, 0.1) is 27.4 Å². The number of carbonyl (C=O) groups is 4. The third-order valence-corrected chi connectivity index (χ3v) is 3.57. The number of rotatable bonds is 8. The van der Waals surface area contributed by atoms with Crippen LogP contribution in [0.15, 0.2) is 0 Å². The molecule has 0 unspecified atom stereocenters.